The third kappa shape index (κ3) is 3.45. The Labute approximate surface area is 119 Å². The van der Waals surface area contributed by atoms with Crippen LogP contribution in [-0.4, -0.2) is 42.8 Å². The van der Waals surface area contributed by atoms with E-state index >= 15 is 0 Å². The maximum Gasteiger partial charge on any atom is 0.221 e. The second-order valence-corrected chi connectivity index (χ2v) is 6.32. The number of hydrogen-bond donors (Lipinski definition) is 1. The Hall–Kier alpha value is -0.620. The Morgan fingerprint density at radius 2 is 2.22 bits per heavy atom. The van der Waals surface area contributed by atoms with Gasteiger partial charge in [-0.15, -0.1) is 11.3 Å². The summed E-state index contributed by atoms with van der Waals surface area (Å²) in [5.41, 5.74) is 0.468. The molecule has 0 aromatic carbocycles. The van der Waals surface area contributed by atoms with Gasteiger partial charge >= 0.3 is 0 Å². The summed E-state index contributed by atoms with van der Waals surface area (Å²) in [6.07, 6.45) is 0.422. The van der Waals surface area contributed by atoms with E-state index in [2.05, 4.69) is 5.32 Å². The zero-order valence-corrected chi connectivity index (χ0v) is 11.9. The van der Waals surface area contributed by atoms with Crippen LogP contribution >= 0.6 is 34.5 Å². The van der Waals surface area contributed by atoms with Crippen molar-refractivity contribution in [1.82, 2.24) is 10.2 Å². The summed E-state index contributed by atoms with van der Waals surface area (Å²) in [5, 5.41) is 2.77. The predicted molar refractivity (Wildman–Crippen MR) is 72.7 cm³/mol. The first-order valence-electron chi connectivity index (χ1n) is 5.53. The van der Waals surface area contributed by atoms with E-state index in [1.54, 1.807) is 6.07 Å². The molecule has 0 radical (unpaired) electrons. The average molecular weight is 307 g/mol. The summed E-state index contributed by atoms with van der Waals surface area (Å²) in [6, 6.07) is 1.60. The van der Waals surface area contributed by atoms with Crippen LogP contribution in [0, 0.1) is 0 Å². The number of halogens is 2. The van der Waals surface area contributed by atoms with Crippen molar-refractivity contribution in [1.29, 1.82) is 0 Å². The summed E-state index contributed by atoms with van der Waals surface area (Å²) >= 11 is 12.9. The van der Waals surface area contributed by atoms with Gasteiger partial charge in [0.2, 0.25) is 5.91 Å². The largest absolute Gasteiger partial charge is 0.355 e. The van der Waals surface area contributed by atoms with Gasteiger partial charge in [-0.2, -0.15) is 0 Å². The van der Waals surface area contributed by atoms with Crippen LogP contribution in [0.1, 0.15) is 16.8 Å². The minimum absolute atomic E-state index is 0.0292. The zero-order chi connectivity index (χ0) is 13.1. The van der Waals surface area contributed by atoms with E-state index < -0.39 is 0 Å². The van der Waals surface area contributed by atoms with E-state index in [1.165, 1.54) is 11.3 Å². The SMILES string of the molecule is O=C1CCN(CC(=O)c2cc(Cl)sc2Cl)CCN1. The summed E-state index contributed by atoms with van der Waals surface area (Å²) in [4.78, 5) is 25.2. The minimum Gasteiger partial charge on any atom is -0.355 e. The van der Waals surface area contributed by atoms with Crippen molar-refractivity contribution in [2.24, 2.45) is 0 Å². The first kappa shape index (κ1) is 13.8. The summed E-state index contributed by atoms with van der Waals surface area (Å²) in [6.45, 7) is 2.10. The van der Waals surface area contributed by atoms with Crippen LogP contribution in [0.3, 0.4) is 0 Å². The molecule has 0 spiro atoms. The molecule has 18 heavy (non-hydrogen) atoms. The Balaban J connectivity index is 1.98. The van der Waals surface area contributed by atoms with Gasteiger partial charge in [0.15, 0.2) is 5.78 Å². The van der Waals surface area contributed by atoms with E-state index in [0.717, 1.165) is 0 Å². The number of amides is 1. The van der Waals surface area contributed by atoms with Crippen LogP contribution in [0.25, 0.3) is 0 Å². The second-order valence-electron chi connectivity index (χ2n) is 4.04. The van der Waals surface area contributed by atoms with Crippen LogP contribution in [0.2, 0.25) is 8.67 Å². The van der Waals surface area contributed by atoms with Crippen molar-refractivity contribution in [3.05, 3.63) is 20.3 Å². The molecule has 7 heteroatoms. The fraction of sp³-hybridized carbons (Fsp3) is 0.455. The van der Waals surface area contributed by atoms with Crippen molar-refractivity contribution in [2.45, 2.75) is 6.42 Å². The Kier molecular flexibility index (Phi) is 4.61. The number of carbonyl (C=O) groups is 2. The van der Waals surface area contributed by atoms with Gasteiger partial charge in [0, 0.05) is 26.1 Å². The standard InChI is InChI=1S/C11H12Cl2N2O2S/c12-9-5-7(11(13)18-9)8(16)6-15-3-1-10(17)14-2-4-15/h5H,1-4,6H2,(H,14,17). The highest BCUT2D eigenvalue weighted by Crippen LogP contribution is 2.31. The number of rotatable bonds is 3. The third-order valence-corrected chi connectivity index (χ3v) is 4.22. The number of carbonyl (C=O) groups excluding carboxylic acids is 2. The number of hydrogen-bond acceptors (Lipinski definition) is 4. The molecule has 2 heterocycles. The number of nitrogens with one attached hydrogen (secondary N) is 1. The lowest BCUT2D eigenvalue weighted by atomic mass is 10.2. The van der Waals surface area contributed by atoms with Gasteiger partial charge in [-0.3, -0.25) is 14.5 Å². The van der Waals surface area contributed by atoms with E-state index in [9.17, 15) is 9.59 Å². The smallest absolute Gasteiger partial charge is 0.221 e. The molecule has 1 aromatic heterocycles. The molecular weight excluding hydrogens is 295 g/mol. The molecule has 1 fully saturated rings. The molecule has 2 rings (SSSR count). The molecule has 1 N–H and O–H groups in total. The molecule has 0 aliphatic carbocycles. The summed E-state index contributed by atoms with van der Waals surface area (Å²) < 4.78 is 0.935. The lowest BCUT2D eigenvalue weighted by Crippen LogP contribution is -2.33. The monoisotopic (exact) mass is 306 g/mol. The van der Waals surface area contributed by atoms with Gasteiger partial charge < -0.3 is 5.32 Å². The highest BCUT2D eigenvalue weighted by Gasteiger charge is 2.19. The number of ketones is 1. The maximum absolute atomic E-state index is 12.1. The van der Waals surface area contributed by atoms with E-state index in [4.69, 9.17) is 23.2 Å². The molecule has 0 saturated carbocycles. The van der Waals surface area contributed by atoms with Crippen molar-refractivity contribution in [3.8, 4) is 0 Å². The lowest BCUT2D eigenvalue weighted by molar-refractivity contribution is -0.120. The first-order chi connectivity index (χ1) is 8.56. The summed E-state index contributed by atoms with van der Waals surface area (Å²) in [5.74, 6) is -0.0286. The minimum atomic E-state index is -0.0579. The average Bonchev–Trinajstić information content (AvgIpc) is 2.51. The topological polar surface area (TPSA) is 49.4 Å². The van der Waals surface area contributed by atoms with E-state index in [1.807, 2.05) is 4.90 Å². The molecule has 0 bridgehead atoms. The molecule has 1 saturated heterocycles. The van der Waals surface area contributed by atoms with Crippen LogP contribution in [0.4, 0.5) is 0 Å². The normalized spacial score (nSPS) is 17.3. The Morgan fingerprint density at radius 3 is 2.89 bits per heavy atom. The zero-order valence-electron chi connectivity index (χ0n) is 9.54. The highest BCUT2D eigenvalue weighted by atomic mass is 35.5. The van der Waals surface area contributed by atoms with Gasteiger partial charge in [0.1, 0.15) is 4.34 Å². The predicted octanol–water partition coefficient (Wildman–Crippen LogP) is 2.06. The Bertz CT molecular complexity index is 476. The van der Waals surface area contributed by atoms with Gasteiger partial charge in [-0.1, -0.05) is 23.2 Å². The molecule has 0 atom stereocenters. The second kappa shape index (κ2) is 6.02. The van der Waals surface area contributed by atoms with Gasteiger partial charge in [0.25, 0.3) is 0 Å². The van der Waals surface area contributed by atoms with Crippen LogP contribution in [0.5, 0.6) is 0 Å². The first-order valence-corrected chi connectivity index (χ1v) is 7.10. The maximum atomic E-state index is 12.1. The molecule has 4 nitrogen and oxygen atoms in total. The highest BCUT2D eigenvalue weighted by molar-refractivity contribution is 7.20. The van der Waals surface area contributed by atoms with Crippen molar-refractivity contribution < 1.29 is 9.59 Å². The van der Waals surface area contributed by atoms with Crippen molar-refractivity contribution in [2.75, 3.05) is 26.2 Å². The molecule has 1 aliphatic heterocycles. The molecule has 98 valence electrons. The molecule has 0 unspecified atom stereocenters. The van der Waals surface area contributed by atoms with Crippen LogP contribution in [-0.2, 0) is 4.79 Å². The molecule has 1 aromatic rings. The van der Waals surface area contributed by atoms with Crippen molar-refractivity contribution >= 4 is 46.2 Å². The fourth-order valence-corrected chi connectivity index (χ4v) is 3.29. The number of Topliss-reactive ketones (excluding diaryl/α,β-unsaturated/α-hetero) is 1. The van der Waals surface area contributed by atoms with Crippen molar-refractivity contribution in [3.63, 3.8) is 0 Å². The Morgan fingerprint density at radius 1 is 1.44 bits per heavy atom. The molecule has 1 aliphatic rings. The fourth-order valence-electron chi connectivity index (χ4n) is 1.79. The van der Waals surface area contributed by atoms with Crippen LogP contribution < -0.4 is 5.32 Å². The van der Waals surface area contributed by atoms with Gasteiger partial charge in [0.05, 0.1) is 16.4 Å². The quantitative estimate of drug-likeness (QED) is 0.870. The van der Waals surface area contributed by atoms with Gasteiger partial charge in [-0.05, 0) is 6.07 Å². The number of thiophene rings is 1. The lowest BCUT2D eigenvalue weighted by Gasteiger charge is -2.17. The third-order valence-electron chi connectivity index (χ3n) is 2.73. The number of nitrogens with zero attached hydrogens (tertiary/aromatic N) is 1. The molecule has 1 amide bonds. The summed E-state index contributed by atoms with van der Waals surface area (Å²) in [7, 11) is 0. The van der Waals surface area contributed by atoms with Crippen LogP contribution in [0.15, 0.2) is 6.07 Å². The molecular formula is C11H12Cl2N2O2S. The van der Waals surface area contributed by atoms with E-state index in [0.29, 0.717) is 40.3 Å². The van der Waals surface area contributed by atoms with E-state index in [-0.39, 0.29) is 18.2 Å². The van der Waals surface area contributed by atoms with Gasteiger partial charge in [-0.25, -0.2) is 0 Å².